The molecule has 20 heavy (non-hydrogen) atoms. The minimum atomic E-state index is 0.280. The molecule has 0 unspecified atom stereocenters. The molecule has 3 heterocycles. The topological polar surface area (TPSA) is 39.9 Å². The molecule has 4 nitrogen and oxygen atoms in total. The maximum absolute atomic E-state index is 6.09. The molecule has 0 amide bonds. The molecule has 0 aromatic carbocycles. The van der Waals surface area contributed by atoms with Gasteiger partial charge in [-0.2, -0.15) is 16.9 Å². The van der Waals surface area contributed by atoms with Crippen LogP contribution in [0.25, 0.3) is 5.82 Å². The van der Waals surface area contributed by atoms with Crippen LogP contribution in [0.3, 0.4) is 0 Å². The van der Waals surface area contributed by atoms with E-state index in [4.69, 9.17) is 16.3 Å². The van der Waals surface area contributed by atoms with Crippen LogP contribution in [0.2, 0.25) is 5.15 Å². The van der Waals surface area contributed by atoms with Gasteiger partial charge in [-0.3, -0.25) is 0 Å². The van der Waals surface area contributed by atoms with Crippen molar-refractivity contribution in [2.75, 3.05) is 11.5 Å². The zero-order chi connectivity index (χ0) is 13.9. The quantitative estimate of drug-likeness (QED) is 0.814. The fourth-order valence-corrected chi connectivity index (χ4v) is 3.43. The Morgan fingerprint density at radius 2 is 2.15 bits per heavy atom. The number of aromatic nitrogens is 3. The van der Waals surface area contributed by atoms with E-state index in [1.165, 1.54) is 0 Å². The van der Waals surface area contributed by atoms with E-state index in [9.17, 15) is 0 Å². The Hall–Kier alpha value is -1.20. The lowest BCUT2D eigenvalue weighted by atomic mass is 10.2. The molecule has 0 radical (unpaired) electrons. The standard InChI is InChI=1S/C14H16ClN3OS/c1-10-2-5-18(17-10)14-9-12(8-13(15)16-14)19-11-3-6-20-7-4-11/h2,5,8-9,11H,3-4,6-7H2,1H3. The van der Waals surface area contributed by atoms with Crippen molar-refractivity contribution >= 4 is 23.4 Å². The summed E-state index contributed by atoms with van der Waals surface area (Å²) < 4.78 is 7.74. The van der Waals surface area contributed by atoms with Crippen molar-refractivity contribution in [1.29, 1.82) is 0 Å². The highest BCUT2D eigenvalue weighted by atomic mass is 35.5. The van der Waals surface area contributed by atoms with Crippen LogP contribution in [0.1, 0.15) is 18.5 Å². The summed E-state index contributed by atoms with van der Waals surface area (Å²) in [6.45, 7) is 1.94. The Morgan fingerprint density at radius 1 is 1.35 bits per heavy atom. The third-order valence-electron chi connectivity index (χ3n) is 3.18. The van der Waals surface area contributed by atoms with E-state index in [0.29, 0.717) is 11.0 Å². The maximum Gasteiger partial charge on any atom is 0.158 e. The summed E-state index contributed by atoms with van der Waals surface area (Å²) in [5, 5.41) is 4.77. The van der Waals surface area contributed by atoms with E-state index in [0.717, 1.165) is 35.8 Å². The molecule has 1 aliphatic heterocycles. The fourth-order valence-electron chi connectivity index (χ4n) is 2.17. The third kappa shape index (κ3) is 3.27. The molecular formula is C14H16ClN3OS. The summed E-state index contributed by atoms with van der Waals surface area (Å²) >= 11 is 8.07. The highest BCUT2D eigenvalue weighted by molar-refractivity contribution is 7.99. The maximum atomic E-state index is 6.09. The summed E-state index contributed by atoms with van der Waals surface area (Å²) in [6.07, 6.45) is 4.32. The number of pyridine rings is 1. The summed E-state index contributed by atoms with van der Waals surface area (Å²) in [6, 6.07) is 5.59. The number of halogens is 1. The van der Waals surface area contributed by atoms with Crippen molar-refractivity contribution < 1.29 is 4.74 Å². The van der Waals surface area contributed by atoms with Crippen LogP contribution in [0.4, 0.5) is 0 Å². The van der Waals surface area contributed by atoms with E-state index in [-0.39, 0.29) is 6.10 Å². The van der Waals surface area contributed by atoms with Crippen LogP contribution in [0.5, 0.6) is 5.75 Å². The van der Waals surface area contributed by atoms with Crippen molar-refractivity contribution in [2.45, 2.75) is 25.9 Å². The predicted molar refractivity (Wildman–Crippen MR) is 82.1 cm³/mol. The second-order valence-corrected chi connectivity index (χ2v) is 6.43. The van der Waals surface area contributed by atoms with Gasteiger partial charge in [0.1, 0.15) is 17.0 Å². The van der Waals surface area contributed by atoms with Crippen molar-refractivity contribution in [3.63, 3.8) is 0 Å². The fraction of sp³-hybridized carbons (Fsp3) is 0.429. The number of hydrogen-bond donors (Lipinski definition) is 0. The van der Waals surface area contributed by atoms with Crippen LogP contribution in [0, 0.1) is 6.92 Å². The highest BCUT2D eigenvalue weighted by Crippen LogP contribution is 2.25. The molecule has 6 heteroatoms. The zero-order valence-electron chi connectivity index (χ0n) is 11.3. The lowest BCUT2D eigenvalue weighted by molar-refractivity contribution is 0.192. The van der Waals surface area contributed by atoms with Gasteiger partial charge in [-0.25, -0.2) is 9.67 Å². The van der Waals surface area contributed by atoms with E-state index in [2.05, 4.69) is 10.1 Å². The SMILES string of the molecule is Cc1ccn(-c2cc(OC3CCSCC3)cc(Cl)n2)n1. The molecular weight excluding hydrogens is 294 g/mol. The Bertz CT molecular complexity index is 596. The number of ether oxygens (including phenoxy) is 1. The van der Waals surface area contributed by atoms with Gasteiger partial charge in [0.15, 0.2) is 5.82 Å². The molecule has 2 aromatic heterocycles. The van der Waals surface area contributed by atoms with Crippen LogP contribution in [-0.2, 0) is 0 Å². The second kappa shape index (κ2) is 6.06. The number of aryl methyl sites for hydroxylation is 1. The molecule has 0 N–H and O–H groups in total. The molecule has 3 rings (SSSR count). The van der Waals surface area contributed by atoms with Gasteiger partial charge in [-0.1, -0.05) is 11.6 Å². The molecule has 0 saturated carbocycles. The van der Waals surface area contributed by atoms with Gasteiger partial charge >= 0.3 is 0 Å². The Labute approximate surface area is 127 Å². The van der Waals surface area contributed by atoms with Crippen LogP contribution in [0.15, 0.2) is 24.4 Å². The van der Waals surface area contributed by atoms with Gasteiger partial charge in [-0.05, 0) is 37.3 Å². The Morgan fingerprint density at radius 3 is 2.85 bits per heavy atom. The Kier molecular flexibility index (Phi) is 4.17. The van der Waals surface area contributed by atoms with Crippen LogP contribution >= 0.6 is 23.4 Å². The molecule has 1 fully saturated rings. The van der Waals surface area contributed by atoms with Gasteiger partial charge in [0.05, 0.1) is 5.69 Å². The van der Waals surface area contributed by atoms with Crippen molar-refractivity contribution in [3.8, 4) is 11.6 Å². The highest BCUT2D eigenvalue weighted by Gasteiger charge is 2.16. The minimum Gasteiger partial charge on any atom is -0.490 e. The number of hydrogen-bond acceptors (Lipinski definition) is 4. The predicted octanol–water partition coefficient (Wildman–Crippen LogP) is 3.50. The first-order valence-corrected chi connectivity index (χ1v) is 8.18. The zero-order valence-corrected chi connectivity index (χ0v) is 12.8. The molecule has 0 atom stereocenters. The largest absolute Gasteiger partial charge is 0.490 e. The van der Waals surface area contributed by atoms with Gasteiger partial charge in [0.2, 0.25) is 0 Å². The lowest BCUT2D eigenvalue weighted by Gasteiger charge is -2.23. The first kappa shape index (κ1) is 13.8. The monoisotopic (exact) mass is 309 g/mol. The molecule has 106 valence electrons. The van der Waals surface area contributed by atoms with E-state index in [1.54, 1.807) is 10.7 Å². The van der Waals surface area contributed by atoms with E-state index >= 15 is 0 Å². The summed E-state index contributed by atoms with van der Waals surface area (Å²) in [4.78, 5) is 4.29. The summed E-state index contributed by atoms with van der Waals surface area (Å²) in [7, 11) is 0. The second-order valence-electron chi connectivity index (χ2n) is 4.82. The van der Waals surface area contributed by atoms with Gasteiger partial charge < -0.3 is 4.74 Å². The Balaban J connectivity index is 1.82. The number of nitrogens with zero attached hydrogens (tertiary/aromatic N) is 3. The smallest absolute Gasteiger partial charge is 0.158 e. The summed E-state index contributed by atoms with van der Waals surface area (Å²) in [5.41, 5.74) is 0.943. The normalized spacial score (nSPS) is 16.3. The van der Waals surface area contributed by atoms with Crippen LogP contribution < -0.4 is 4.74 Å². The lowest BCUT2D eigenvalue weighted by Crippen LogP contribution is -2.22. The minimum absolute atomic E-state index is 0.280. The molecule has 0 bridgehead atoms. The van der Waals surface area contributed by atoms with Gasteiger partial charge in [0.25, 0.3) is 0 Å². The third-order valence-corrected chi connectivity index (χ3v) is 4.42. The molecule has 2 aromatic rings. The van der Waals surface area contributed by atoms with E-state index < -0.39 is 0 Å². The molecule has 1 aliphatic rings. The first-order valence-electron chi connectivity index (χ1n) is 6.65. The molecule has 0 aliphatic carbocycles. The molecule has 1 saturated heterocycles. The average Bonchev–Trinajstić information content (AvgIpc) is 2.86. The summed E-state index contributed by atoms with van der Waals surface area (Å²) in [5.74, 6) is 3.78. The van der Waals surface area contributed by atoms with Crippen molar-refractivity contribution in [1.82, 2.24) is 14.8 Å². The molecule has 0 spiro atoms. The van der Waals surface area contributed by atoms with Crippen molar-refractivity contribution in [3.05, 3.63) is 35.2 Å². The first-order chi connectivity index (χ1) is 9.70. The van der Waals surface area contributed by atoms with E-state index in [1.807, 2.05) is 37.0 Å². The van der Waals surface area contributed by atoms with Crippen molar-refractivity contribution in [2.24, 2.45) is 0 Å². The van der Waals surface area contributed by atoms with Gasteiger partial charge in [0, 0.05) is 18.3 Å². The number of thioether (sulfide) groups is 1. The number of rotatable bonds is 3. The average molecular weight is 310 g/mol. The van der Waals surface area contributed by atoms with Gasteiger partial charge in [-0.15, -0.1) is 0 Å². The van der Waals surface area contributed by atoms with Crippen LogP contribution in [-0.4, -0.2) is 32.4 Å².